The van der Waals surface area contributed by atoms with Crippen LogP contribution in [0.2, 0.25) is 0 Å². The van der Waals surface area contributed by atoms with Crippen LogP contribution in [0.5, 0.6) is 0 Å². The van der Waals surface area contributed by atoms with E-state index in [1.54, 1.807) is 18.2 Å². The first-order valence-corrected chi connectivity index (χ1v) is 24.9. The van der Waals surface area contributed by atoms with Crippen molar-refractivity contribution in [3.63, 3.8) is 0 Å². The standard InChI is InChI=1S/C68H41N9/c69-42-48-17-13-15-27-59(48)64-41-63(73-68(74-64)60-28-16-14-18-49(60)43-70)47-31-29-46(30-32-47)50-37-51(44-71)67(52(38-50)45-72)77-65-35-33-57(75(53-19-5-1-6-20-53)54-21-7-2-8-22-54)39-61(65)62-40-58(34-36-66(62)77)76(55-23-9-3-10-24-55)56-25-11-4-12-26-56/h1-41H. The summed E-state index contributed by atoms with van der Waals surface area (Å²) in [4.78, 5) is 14.3. The van der Waals surface area contributed by atoms with Gasteiger partial charge in [0, 0.05) is 61.6 Å². The van der Waals surface area contributed by atoms with Crippen molar-refractivity contribution < 1.29 is 0 Å². The summed E-state index contributed by atoms with van der Waals surface area (Å²) in [5.41, 5.74) is 14.2. The summed E-state index contributed by atoms with van der Waals surface area (Å²) >= 11 is 0. The van der Waals surface area contributed by atoms with Crippen molar-refractivity contribution in [3.8, 4) is 75.0 Å². The summed E-state index contributed by atoms with van der Waals surface area (Å²) in [6.07, 6.45) is 0. The molecule has 0 atom stereocenters. The molecule has 0 unspecified atom stereocenters. The van der Waals surface area contributed by atoms with Crippen LogP contribution in [0, 0.1) is 45.3 Å². The lowest BCUT2D eigenvalue weighted by Crippen LogP contribution is -2.09. The molecule has 0 amide bonds. The van der Waals surface area contributed by atoms with Crippen LogP contribution >= 0.6 is 0 Å². The van der Waals surface area contributed by atoms with E-state index in [2.05, 4.69) is 124 Å². The second-order valence-electron chi connectivity index (χ2n) is 18.2. The van der Waals surface area contributed by atoms with Gasteiger partial charge in [0.25, 0.3) is 0 Å². The zero-order valence-corrected chi connectivity index (χ0v) is 41.2. The second kappa shape index (κ2) is 20.3. The third-order valence-corrected chi connectivity index (χ3v) is 13.7. The lowest BCUT2D eigenvalue weighted by molar-refractivity contribution is 1.15. The zero-order chi connectivity index (χ0) is 52.2. The maximum absolute atomic E-state index is 11.2. The van der Waals surface area contributed by atoms with Crippen LogP contribution in [0.4, 0.5) is 34.1 Å². The van der Waals surface area contributed by atoms with Crippen LogP contribution in [-0.2, 0) is 0 Å². The van der Waals surface area contributed by atoms with Gasteiger partial charge in [0.2, 0.25) is 0 Å². The van der Waals surface area contributed by atoms with Crippen molar-refractivity contribution >= 4 is 55.9 Å². The Bertz CT molecular complexity index is 4040. The first kappa shape index (κ1) is 46.7. The molecule has 0 aliphatic heterocycles. The lowest BCUT2D eigenvalue weighted by atomic mass is 9.96. The highest BCUT2D eigenvalue weighted by Gasteiger charge is 2.24. The molecule has 12 aromatic rings. The minimum Gasteiger partial charge on any atom is -0.310 e. The molecule has 0 saturated heterocycles. The Morgan fingerprint density at radius 1 is 0.312 bits per heavy atom. The molecular weight excluding hydrogens is 943 g/mol. The van der Waals surface area contributed by atoms with Gasteiger partial charge in [0.15, 0.2) is 5.82 Å². The molecule has 0 saturated carbocycles. The molecule has 10 aromatic carbocycles. The maximum Gasteiger partial charge on any atom is 0.161 e. The Hall–Kier alpha value is -11.4. The molecule has 12 rings (SSSR count). The molecule has 0 spiro atoms. The SMILES string of the molecule is N#Cc1ccccc1-c1cc(-c2ccc(-c3cc(C#N)c(-n4c5ccc(N(c6ccccc6)c6ccccc6)cc5c5cc(N(c6ccccc6)c6ccccc6)ccc54)c(C#N)c3)cc2)nc(-c2ccccc2C#N)n1. The minimum atomic E-state index is 0.331. The van der Waals surface area contributed by atoms with Gasteiger partial charge >= 0.3 is 0 Å². The summed E-state index contributed by atoms with van der Waals surface area (Å²) in [7, 11) is 0. The predicted octanol–water partition coefficient (Wildman–Crippen LogP) is 16.7. The van der Waals surface area contributed by atoms with Gasteiger partial charge in [-0.2, -0.15) is 21.0 Å². The van der Waals surface area contributed by atoms with Crippen LogP contribution in [0.25, 0.3) is 72.5 Å². The monoisotopic (exact) mass is 983 g/mol. The fourth-order valence-corrected chi connectivity index (χ4v) is 10.2. The van der Waals surface area contributed by atoms with Crippen LogP contribution in [0.3, 0.4) is 0 Å². The molecule has 358 valence electrons. The number of fused-ring (bicyclic) bond motifs is 3. The number of para-hydroxylation sites is 4. The number of hydrogen-bond donors (Lipinski definition) is 0. The smallest absolute Gasteiger partial charge is 0.161 e. The van der Waals surface area contributed by atoms with Crippen LogP contribution in [0.15, 0.2) is 249 Å². The maximum atomic E-state index is 11.2. The van der Waals surface area contributed by atoms with Gasteiger partial charge < -0.3 is 14.4 Å². The molecule has 0 aliphatic rings. The number of anilines is 6. The number of aromatic nitrogens is 3. The average Bonchev–Trinajstić information content (AvgIpc) is 4.05. The Labute approximate surface area is 445 Å². The third-order valence-electron chi connectivity index (χ3n) is 13.7. The van der Waals surface area contributed by atoms with Crippen LogP contribution < -0.4 is 9.80 Å². The van der Waals surface area contributed by atoms with E-state index in [1.165, 1.54) is 0 Å². The Kier molecular flexibility index (Phi) is 12.3. The summed E-state index contributed by atoms with van der Waals surface area (Å²) in [6, 6.07) is 91.2. The summed E-state index contributed by atoms with van der Waals surface area (Å²) < 4.78 is 2.06. The largest absolute Gasteiger partial charge is 0.310 e. The number of rotatable bonds is 11. The van der Waals surface area contributed by atoms with Crippen molar-refractivity contribution in [1.29, 1.82) is 21.0 Å². The van der Waals surface area contributed by atoms with Gasteiger partial charge in [-0.25, -0.2) is 9.97 Å². The summed E-state index contributed by atoms with van der Waals surface area (Å²) in [5.74, 6) is 0.353. The fourth-order valence-electron chi connectivity index (χ4n) is 10.2. The minimum absolute atomic E-state index is 0.331. The van der Waals surface area contributed by atoms with E-state index in [-0.39, 0.29) is 0 Å². The van der Waals surface area contributed by atoms with E-state index in [1.807, 2.05) is 146 Å². The molecular formula is C68H41N9. The van der Waals surface area contributed by atoms with Crippen LogP contribution in [-0.4, -0.2) is 14.5 Å². The highest BCUT2D eigenvalue weighted by Crippen LogP contribution is 2.44. The molecule has 77 heavy (non-hydrogen) atoms. The van der Waals surface area contributed by atoms with Crippen molar-refractivity contribution in [2.75, 3.05) is 9.80 Å². The predicted molar refractivity (Wildman–Crippen MR) is 306 cm³/mol. The fraction of sp³-hybridized carbons (Fsp3) is 0. The summed E-state index contributed by atoms with van der Waals surface area (Å²) in [5, 5.41) is 44.2. The molecule has 0 fully saturated rings. The van der Waals surface area contributed by atoms with Crippen molar-refractivity contribution in [2.45, 2.75) is 0 Å². The number of nitrogens with zero attached hydrogens (tertiary/aromatic N) is 9. The third kappa shape index (κ3) is 8.71. The average molecular weight is 984 g/mol. The molecule has 2 aromatic heterocycles. The van der Waals surface area contributed by atoms with Crippen molar-refractivity contribution in [3.05, 3.63) is 271 Å². The molecule has 0 bridgehead atoms. The lowest BCUT2D eigenvalue weighted by Gasteiger charge is -2.26. The van der Waals surface area contributed by atoms with Gasteiger partial charge in [-0.3, -0.25) is 0 Å². The Morgan fingerprint density at radius 3 is 1.16 bits per heavy atom. The molecule has 0 N–H and O–H groups in total. The number of nitriles is 4. The number of benzene rings is 10. The van der Waals surface area contributed by atoms with Crippen LogP contribution in [0.1, 0.15) is 22.3 Å². The highest BCUT2D eigenvalue weighted by molar-refractivity contribution is 6.12. The van der Waals surface area contributed by atoms with E-state index >= 15 is 0 Å². The Balaban J connectivity index is 1.01. The molecule has 0 radical (unpaired) electrons. The molecule has 0 aliphatic carbocycles. The second-order valence-corrected chi connectivity index (χ2v) is 18.2. The topological polar surface area (TPSA) is 132 Å². The highest BCUT2D eigenvalue weighted by atomic mass is 15.1. The zero-order valence-electron chi connectivity index (χ0n) is 41.2. The van der Waals surface area contributed by atoms with E-state index < -0.39 is 0 Å². The molecule has 9 nitrogen and oxygen atoms in total. The van der Waals surface area contributed by atoms with Crippen molar-refractivity contribution in [1.82, 2.24) is 14.5 Å². The Morgan fingerprint density at radius 2 is 0.701 bits per heavy atom. The van der Waals surface area contributed by atoms with Gasteiger partial charge in [-0.05, 0) is 132 Å². The van der Waals surface area contributed by atoms with E-state index in [0.29, 0.717) is 61.8 Å². The first-order chi connectivity index (χ1) is 38.0. The molecule has 9 heteroatoms. The van der Waals surface area contributed by atoms with E-state index in [0.717, 1.165) is 67.1 Å². The normalized spacial score (nSPS) is 10.8. The van der Waals surface area contributed by atoms with Gasteiger partial charge in [-0.1, -0.05) is 127 Å². The summed E-state index contributed by atoms with van der Waals surface area (Å²) in [6.45, 7) is 0. The van der Waals surface area contributed by atoms with E-state index in [9.17, 15) is 21.0 Å². The first-order valence-electron chi connectivity index (χ1n) is 24.9. The number of hydrogen-bond acceptors (Lipinski definition) is 8. The van der Waals surface area contributed by atoms with Crippen molar-refractivity contribution in [2.24, 2.45) is 0 Å². The quantitative estimate of drug-likeness (QED) is 0.125. The van der Waals surface area contributed by atoms with E-state index in [4.69, 9.17) is 9.97 Å². The van der Waals surface area contributed by atoms with Gasteiger partial charge in [0.1, 0.15) is 12.1 Å². The molecule has 2 heterocycles. The van der Waals surface area contributed by atoms with Gasteiger partial charge in [0.05, 0.1) is 62.5 Å². The van der Waals surface area contributed by atoms with Gasteiger partial charge in [-0.15, -0.1) is 0 Å².